The van der Waals surface area contributed by atoms with Crippen LogP contribution in [0, 0.1) is 23.7 Å². The van der Waals surface area contributed by atoms with Crippen molar-refractivity contribution in [2.45, 2.75) is 37.5 Å². The molecule has 0 amide bonds. The zero-order valence-electron chi connectivity index (χ0n) is 28.0. The highest BCUT2D eigenvalue weighted by molar-refractivity contribution is 6.01. The molecule has 1 aromatic heterocycles. The van der Waals surface area contributed by atoms with Crippen molar-refractivity contribution in [2.75, 3.05) is 0 Å². The van der Waals surface area contributed by atoms with Crippen LogP contribution in [0.4, 0.5) is 0 Å². The van der Waals surface area contributed by atoms with Crippen molar-refractivity contribution in [1.29, 1.82) is 0 Å². The average molecular weight is 644 g/mol. The first-order chi connectivity index (χ1) is 24.7. The van der Waals surface area contributed by atoms with Crippen LogP contribution in [0.2, 0.25) is 0 Å². The third-order valence-electron chi connectivity index (χ3n) is 12.7. The smallest absolute Gasteiger partial charge is 0.164 e. The second kappa shape index (κ2) is 10.8. The maximum Gasteiger partial charge on any atom is 0.164 e. The lowest BCUT2D eigenvalue weighted by Gasteiger charge is -2.61. The normalized spacial score (nSPS) is 24.1. The first-order valence-electron chi connectivity index (χ1n) is 18.4. The van der Waals surface area contributed by atoms with Gasteiger partial charge in [0.05, 0.1) is 0 Å². The predicted octanol–water partition coefficient (Wildman–Crippen LogP) is 11.4. The van der Waals surface area contributed by atoms with Gasteiger partial charge in [0.1, 0.15) is 0 Å². The highest BCUT2D eigenvalue weighted by Gasteiger charge is 2.62. The first-order valence-corrected chi connectivity index (χ1v) is 18.4. The molecule has 0 N–H and O–H groups in total. The van der Waals surface area contributed by atoms with E-state index in [4.69, 9.17) is 15.0 Å². The van der Waals surface area contributed by atoms with E-state index >= 15 is 0 Å². The van der Waals surface area contributed by atoms with Gasteiger partial charge < -0.3 is 0 Å². The Morgan fingerprint density at radius 3 is 1.80 bits per heavy atom. The predicted molar refractivity (Wildman–Crippen MR) is 202 cm³/mol. The zero-order chi connectivity index (χ0) is 32.8. The maximum absolute atomic E-state index is 5.35. The van der Waals surface area contributed by atoms with Crippen LogP contribution >= 0.6 is 0 Å². The van der Waals surface area contributed by atoms with Crippen LogP contribution in [-0.2, 0) is 5.41 Å². The lowest BCUT2D eigenvalue weighted by molar-refractivity contribution is -0.0393. The van der Waals surface area contributed by atoms with E-state index < -0.39 is 0 Å². The van der Waals surface area contributed by atoms with E-state index in [1.807, 2.05) is 6.07 Å². The summed E-state index contributed by atoms with van der Waals surface area (Å²) in [7, 11) is 0. The van der Waals surface area contributed by atoms with Gasteiger partial charge in [-0.1, -0.05) is 133 Å². The summed E-state index contributed by atoms with van der Waals surface area (Å²) in [6.45, 7) is 0. The lowest BCUT2D eigenvalue weighted by Crippen LogP contribution is -2.55. The minimum absolute atomic E-state index is 0.0388. The van der Waals surface area contributed by atoms with Crippen LogP contribution in [0.1, 0.15) is 43.2 Å². The third-order valence-corrected chi connectivity index (χ3v) is 12.7. The van der Waals surface area contributed by atoms with Crippen LogP contribution in [-0.4, -0.2) is 15.0 Å². The monoisotopic (exact) mass is 643 g/mol. The van der Waals surface area contributed by atoms with Gasteiger partial charge in [0, 0.05) is 22.1 Å². The van der Waals surface area contributed by atoms with Crippen molar-refractivity contribution < 1.29 is 0 Å². The van der Waals surface area contributed by atoms with Crippen LogP contribution in [0.25, 0.3) is 67.2 Å². The van der Waals surface area contributed by atoms with E-state index in [0.29, 0.717) is 23.5 Å². The van der Waals surface area contributed by atoms with Crippen molar-refractivity contribution in [2.24, 2.45) is 23.7 Å². The number of rotatable bonds is 4. The van der Waals surface area contributed by atoms with Gasteiger partial charge in [-0.15, -0.1) is 0 Å². The molecule has 3 nitrogen and oxygen atoms in total. The largest absolute Gasteiger partial charge is 0.208 e. The van der Waals surface area contributed by atoms with Crippen molar-refractivity contribution in [3.8, 4) is 56.4 Å². The molecule has 6 aromatic carbocycles. The first kappa shape index (κ1) is 28.4. The number of hydrogen-bond acceptors (Lipinski definition) is 3. The molecule has 0 radical (unpaired) electrons. The van der Waals surface area contributed by atoms with E-state index in [-0.39, 0.29) is 5.41 Å². The molecule has 4 bridgehead atoms. The molecule has 12 rings (SSSR count). The third kappa shape index (κ3) is 4.07. The van der Waals surface area contributed by atoms with Gasteiger partial charge in [0.2, 0.25) is 0 Å². The summed E-state index contributed by atoms with van der Waals surface area (Å²) in [5.41, 5.74) is 11.3. The number of fused-ring (bicyclic) bond motifs is 5. The van der Waals surface area contributed by atoms with Crippen molar-refractivity contribution >= 4 is 10.8 Å². The number of benzene rings is 6. The molecular weight excluding hydrogens is 607 g/mol. The Morgan fingerprint density at radius 1 is 0.440 bits per heavy atom. The fourth-order valence-corrected chi connectivity index (χ4v) is 11.0. The molecule has 0 aliphatic heterocycles. The Morgan fingerprint density at radius 2 is 1.04 bits per heavy atom. The molecule has 4 fully saturated rings. The second-order valence-corrected chi connectivity index (χ2v) is 15.2. The van der Waals surface area contributed by atoms with Crippen molar-refractivity contribution in [3.63, 3.8) is 0 Å². The molecule has 0 atom stereocenters. The molecular formula is C47H37N3. The van der Waals surface area contributed by atoms with Crippen LogP contribution in [0.5, 0.6) is 0 Å². The van der Waals surface area contributed by atoms with E-state index in [9.17, 15) is 0 Å². The fraction of sp³-hybridized carbons (Fsp3) is 0.213. The van der Waals surface area contributed by atoms with E-state index in [1.54, 1.807) is 5.56 Å². The zero-order valence-corrected chi connectivity index (χ0v) is 28.0. The van der Waals surface area contributed by atoms with Gasteiger partial charge >= 0.3 is 0 Å². The molecule has 5 aliphatic carbocycles. The SMILES string of the molecule is c1ccc(-c2cccc(-c3nc(-c4ccccc4)nc(-c4cccc5c4-c4ccc6ccccc6c4C54C5CC6CC(C5)CC4C6)n3)c2)cc1. The van der Waals surface area contributed by atoms with Crippen LogP contribution in [0.15, 0.2) is 140 Å². The minimum atomic E-state index is 0.0388. The Bertz CT molecular complexity index is 2420. The molecule has 0 unspecified atom stereocenters. The van der Waals surface area contributed by atoms with E-state index in [2.05, 4.69) is 133 Å². The second-order valence-electron chi connectivity index (χ2n) is 15.2. The molecule has 3 heteroatoms. The van der Waals surface area contributed by atoms with Gasteiger partial charge in [-0.05, 0) is 106 Å². The van der Waals surface area contributed by atoms with Gasteiger partial charge in [0.15, 0.2) is 17.5 Å². The summed E-state index contributed by atoms with van der Waals surface area (Å²) >= 11 is 0. The molecule has 7 aromatic rings. The van der Waals surface area contributed by atoms with Crippen LogP contribution < -0.4 is 0 Å². The topological polar surface area (TPSA) is 38.7 Å². The number of aromatic nitrogens is 3. The molecule has 50 heavy (non-hydrogen) atoms. The van der Waals surface area contributed by atoms with Gasteiger partial charge in [-0.3, -0.25) is 0 Å². The fourth-order valence-electron chi connectivity index (χ4n) is 11.0. The van der Waals surface area contributed by atoms with E-state index in [1.165, 1.54) is 65.1 Å². The number of hydrogen-bond donors (Lipinski definition) is 0. The van der Waals surface area contributed by atoms with Crippen molar-refractivity contribution in [3.05, 3.63) is 151 Å². The highest BCUT2D eigenvalue weighted by atomic mass is 15.0. The maximum atomic E-state index is 5.35. The molecule has 1 spiro atoms. The summed E-state index contributed by atoms with van der Waals surface area (Å²) in [4.78, 5) is 15.8. The van der Waals surface area contributed by atoms with Gasteiger partial charge in [-0.25, -0.2) is 15.0 Å². The Balaban J connectivity index is 1.17. The quantitative estimate of drug-likeness (QED) is 0.192. The summed E-state index contributed by atoms with van der Waals surface area (Å²) in [6, 6.07) is 50.4. The summed E-state index contributed by atoms with van der Waals surface area (Å²) in [5, 5.41) is 2.78. The Labute approximate surface area is 293 Å². The summed E-state index contributed by atoms with van der Waals surface area (Å²) in [6.07, 6.45) is 6.85. The van der Waals surface area contributed by atoms with Gasteiger partial charge in [0.25, 0.3) is 0 Å². The summed E-state index contributed by atoms with van der Waals surface area (Å²) in [5.74, 6) is 5.28. The van der Waals surface area contributed by atoms with Crippen LogP contribution in [0.3, 0.4) is 0 Å². The van der Waals surface area contributed by atoms with Crippen molar-refractivity contribution in [1.82, 2.24) is 15.0 Å². The molecule has 4 saturated carbocycles. The van der Waals surface area contributed by atoms with E-state index in [0.717, 1.165) is 39.9 Å². The molecule has 240 valence electrons. The molecule has 0 saturated heterocycles. The number of nitrogens with zero attached hydrogens (tertiary/aromatic N) is 3. The highest BCUT2D eigenvalue weighted by Crippen LogP contribution is 2.70. The lowest BCUT2D eigenvalue weighted by atomic mass is 9.43. The Kier molecular flexibility index (Phi) is 6.14. The average Bonchev–Trinajstić information content (AvgIpc) is 3.49. The summed E-state index contributed by atoms with van der Waals surface area (Å²) < 4.78 is 0. The Hall–Kier alpha value is -5.41. The minimum Gasteiger partial charge on any atom is -0.208 e. The molecule has 5 aliphatic rings. The standard InChI is InChI=1S/C47H37N3/c1-3-11-31(12-4-1)34-16-9-17-35(28-34)45-48-44(33-14-5-2-6-15-33)49-46(50-45)40-19-10-20-41-42(40)39-22-21-32-13-7-8-18-38(32)43(39)47(41)36-24-29-23-30(26-36)27-37(47)25-29/h1-22,28-30,36-37H,23-27H2. The van der Waals surface area contributed by atoms with Gasteiger partial charge in [-0.2, -0.15) is 0 Å². The molecule has 1 heterocycles.